The van der Waals surface area contributed by atoms with Gasteiger partial charge in [0.1, 0.15) is 0 Å². The highest BCUT2D eigenvalue weighted by Crippen LogP contribution is 2.25. The van der Waals surface area contributed by atoms with E-state index in [1.54, 1.807) is 17.1 Å². The lowest BCUT2D eigenvalue weighted by atomic mass is 9.91. The fraction of sp³-hybridized carbons (Fsp3) is 0.704. The van der Waals surface area contributed by atoms with Crippen LogP contribution in [0, 0.1) is 0 Å². The minimum absolute atomic E-state index is 0.268. The van der Waals surface area contributed by atoms with Crippen LogP contribution < -0.4 is 0 Å². The minimum atomic E-state index is 0.268. The Hall–Kier alpha value is -2.52. The normalized spacial score (nSPS) is 21.8. The second-order valence-electron chi connectivity index (χ2n) is 10.2. The Morgan fingerprint density at radius 1 is 1.08 bits per heavy atom. The largest absolute Gasteiger partial charge is 0.361 e. The van der Waals surface area contributed by atoms with Gasteiger partial charge < -0.3 is 9.80 Å². The van der Waals surface area contributed by atoms with E-state index in [0.717, 1.165) is 64.0 Å². The Labute approximate surface area is 216 Å². The van der Waals surface area contributed by atoms with Crippen molar-refractivity contribution >= 4 is 24.7 Å². The fourth-order valence-electron chi connectivity index (χ4n) is 5.47. The molecule has 5 rings (SSSR count). The average molecular weight is 497 g/mol. The second-order valence-corrected chi connectivity index (χ2v) is 10.2. The zero-order valence-electron chi connectivity index (χ0n) is 22.3. The summed E-state index contributed by atoms with van der Waals surface area (Å²) in [5.74, 6) is 1.49. The van der Waals surface area contributed by atoms with Gasteiger partial charge in [-0.15, -0.1) is 0 Å². The lowest BCUT2D eigenvalue weighted by Gasteiger charge is -2.43. The van der Waals surface area contributed by atoms with E-state index < -0.39 is 0 Å². The molecule has 1 amide bonds. The van der Waals surface area contributed by atoms with Crippen LogP contribution in [0.1, 0.15) is 57.2 Å². The van der Waals surface area contributed by atoms with E-state index in [-0.39, 0.29) is 5.91 Å². The summed E-state index contributed by atoms with van der Waals surface area (Å²) in [4.78, 5) is 30.0. The van der Waals surface area contributed by atoms with E-state index >= 15 is 0 Å². The Bertz CT molecular complexity index is 920. The first-order chi connectivity index (χ1) is 17.6. The standard InChI is InChI=1S/C19H28N6O.C8H16N2/c1-20-6-8-25-14-16-13-22(7-5-18(16)21-25)15-19(26)24-11-9-23(10-12-24)17-3-2-4-17;1-3-9-8(2)10-6-4-5-7-10/h6,8,14,17H,1-5,7,9-13,15H2;3-7H2,1-2H3/b8-6+;. The minimum Gasteiger partial charge on any atom is -0.361 e. The number of amides is 1. The van der Waals surface area contributed by atoms with Gasteiger partial charge in [0.2, 0.25) is 5.91 Å². The molecule has 3 fully saturated rings. The lowest BCUT2D eigenvalue weighted by molar-refractivity contribution is -0.135. The van der Waals surface area contributed by atoms with Gasteiger partial charge in [-0.2, -0.15) is 5.10 Å². The van der Waals surface area contributed by atoms with Crippen LogP contribution in [0.15, 0.2) is 22.4 Å². The summed E-state index contributed by atoms with van der Waals surface area (Å²) in [5.41, 5.74) is 2.32. The van der Waals surface area contributed by atoms with E-state index in [0.29, 0.717) is 6.54 Å². The number of carbonyl (C=O) groups is 1. The molecule has 198 valence electrons. The number of nitrogens with zero attached hydrogens (tertiary/aromatic N) is 8. The third-order valence-corrected chi connectivity index (χ3v) is 7.85. The fourth-order valence-corrected chi connectivity index (χ4v) is 5.47. The van der Waals surface area contributed by atoms with Crippen molar-refractivity contribution in [1.82, 2.24) is 29.4 Å². The van der Waals surface area contributed by atoms with Crippen LogP contribution in [-0.2, 0) is 17.8 Å². The lowest BCUT2D eigenvalue weighted by Crippen LogP contribution is -2.55. The third-order valence-electron chi connectivity index (χ3n) is 7.85. The maximum Gasteiger partial charge on any atom is 0.236 e. The Kier molecular flexibility index (Phi) is 9.69. The summed E-state index contributed by atoms with van der Waals surface area (Å²) in [6, 6.07) is 0.787. The molecule has 0 atom stereocenters. The number of fused-ring (bicyclic) bond motifs is 1. The zero-order chi connectivity index (χ0) is 25.3. The highest BCUT2D eigenvalue weighted by atomic mass is 16.2. The molecule has 0 N–H and O–H groups in total. The number of aliphatic imine (C=N–C) groups is 2. The maximum atomic E-state index is 12.7. The average Bonchev–Trinajstić information content (AvgIpc) is 3.53. The predicted molar refractivity (Wildman–Crippen MR) is 146 cm³/mol. The number of hydrogen-bond donors (Lipinski definition) is 0. The number of hydrogen-bond acceptors (Lipinski definition) is 6. The van der Waals surface area contributed by atoms with Gasteiger partial charge in [-0.1, -0.05) is 6.42 Å². The van der Waals surface area contributed by atoms with Crippen LogP contribution in [0.5, 0.6) is 0 Å². The molecule has 1 aliphatic carbocycles. The van der Waals surface area contributed by atoms with Crippen molar-refractivity contribution in [2.75, 3.05) is 58.9 Å². The summed E-state index contributed by atoms with van der Waals surface area (Å²) in [6.07, 6.45) is 13.1. The number of rotatable bonds is 6. The summed E-state index contributed by atoms with van der Waals surface area (Å²) in [6.45, 7) is 17.0. The predicted octanol–water partition coefficient (Wildman–Crippen LogP) is 2.59. The first-order valence-corrected chi connectivity index (χ1v) is 13.8. The molecule has 3 aliphatic heterocycles. The second kappa shape index (κ2) is 13.1. The van der Waals surface area contributed by atoms with Gasteiger partial charge in [0.25, 0.3) is 0 Å². The number of carbonyl (C=O) groups excluding carboxylic acids is 1. The molecule has 0 radical (unpaired) electrons. The molecule has 9 nitrogen and oxygen atoms in total. The van der Waals surface area contributed by atoms with Crippen molar-refractivity contribution in [1.29, 1.82) is 0 Å². The molecule has 36 heavy (non-hydrogen) atoms. The van der Waals surface area contributed by atoms with Crippen molar-refractivity contribution in [3.8, 4) is 0 Å². The number of piperazine rings is 1. The Morgan fingerprint density at radius 3 is 2.47 bits per heavy atom. The molecule has 0 aromatic carbocycles. The van der Waals surface area contributed by atoms with Gasteiger partial charge in [-0.05, 0) is 46.2 Å². The van der Waals surface area contributed by atoms with Gasteiger partial charge >= 0.3 is 0 Å². The molecule has 0 unspecified atom stereocenters. The van der Waals surface area contributed by atoms with Crippen molar-refractivity contribution in [2.24, 2.45) is 9.98 Å². The summed E-state index contributed by atoms with van der Waals surface area (Å²) in [5, 5.41) is 4.54. The summed E-state index contributed by atoms with van der Waals surface area (Å²) in [7, 11) is 0. The Balaban J connectivity index is 0.000000256. The highest BCUT2D eigenvalue weighted by molar-refractivity contribution is 5.80. The molecular weight excluding hydrogens is 452 g/mol. The molecule has 0 spiro atoms. The van der Waals surface area contributed by atoms with E-state index in [1.807, 2.05) is 11.1 Å². The van der Waals surface area contributed by atoms with Gasteiger partial charge in [0, 0.05) is 95.5 Å². The quantitative estimate of drug-likeness (QED) is 0.447. The molecule has 1 aromatic rings. The molecule has 1 saturated carbocycles. The van der Waals surface area contributed by atoms with E-state index in [1.165, 1.54) is 56.6 Å². The molecular formula is C27H44N8O. The maximum absolute atomic E-state index is 12.7. The topological polar surface area (TPSA) is 72.6 Å². The van der Waals surface area contributed by atoms with Crippen molar-refractivity contribution in [3.05, 3.63) is 23.7 Å². The van der Waals surface area contributed by atoms with Crippen molar-refractivity contribution in [2.45, 2.75) is 65.0 Å². The van der Waals surface area contributed by atoms with Gasteiger partial charge in [-0.25, -0.2) is 4.68 Å². The van der Waals surface area contributed by atoms with Crippen LogP contribution in [0.25, 0.3) is 6.20 Å². The number of likely N-dealkylation sites (tertiary alicyclic amines) is 1. The van der Waals surface area contributed by atoms with Gasteiger partial charge in [0.15, 0.2) is 0 Å². The van der Waals surface area contributed by atoms with E-state index in [2.05, 4.69) is 50.3 Å². The number of amidine groups is 1. The smallest absolute Gasteiger partial charge is 0.236 e. The SMILES string of the molecule is C=N/C=C/n1cc2c(n1)CCN(CC(=O)N1CCN(C3CCC3)CC1)C2.CCN=C(C)N1CCCC1. The summed E-state index contributed by atoms with van der Waals surface area (Å²) >= 11 is 0. The van der Waals surface area contributed by atoms with Crippen LogP contribution in [-0.4, -0.2) is 113 Å². The van der Waals surface area contributed by atoms with E-state index in [9.17, 15) is 4.79 Å². The van der Waals surface area contributed by atoms with Crippen LogP contribution in [0.3, 0.4) is 0 Å². The molecule has 2 saturated heterocycles. The first kappa shape index (κ1) is 26.5. The number of aromatic nitrogens is 2. The molecule has 4 aliphatic rings. The van der Waals surface area contributed by atoms with Crippen LogP contribution in [0.2, 0.25) is 0 Å². The van der Waals surface area contributed by atoms with Crippen LogP contribution in [0.4, 0.5) is 0 Å². The molecule has 0 bridgehead atoms. The zero-order valence-corrected chi connectivity index (χ0v) is 22.3. The van der Waals surface area contributed by atoms with Crippen molar-refractivity contribution < 1.29 is 4.79 Å². The van der Waals surface area contributed by atoms with Crippen molar-refractivity contribution in [3.63, 3.8) is 0 Å². The first-order valence-electron chi connectivity index (χ1n) is 13.8. The van der Waals surface area contributed by atoms with Gasteiger partial charge in [0.05, 0.1) is 18.1 Å². The van der Waals surface area contributed by atoms with Crippen LogP contribution >= 0.6 is 0 Å². The highest BCUT2D eigenvalue weighted by Gasteiger charge is 2.30. The molecule has 1 aromatic heterocycles. The van der Waals surface area contributed by atoms with E-state index in [4.69, 9.17) is 0 Å². The Morgan fingerprint density at radius 2 is 1.83 bits per heavy atom. The monoisotopic (exact) mass is 496 g/mol. The molecule has 4 heterocycles. The molecule has 9 heteroatoms. The van der Waals surface area contributed by atoms with Gasteiger partial charge in [-0.3, -0.25) is 24.6 Å². The third kappa shape index (κ3) is 7.03. The summed E-state index contributed by atoms with van der Waals surface area (Å²) < 4.78 is 1.78.